The number of anilines is 1. The van der Waals surface area contributed by atoms with Gasteiger partial charge in [-0.15, -0.1) is 0 Å². The second-order valence-corrected chi connectivity index (χ2v) is 4.44. The average Bonchev–Trinajstić information content (AvgIpc) is 2.88. The number of hydrogen-bond donors (Lipinski definition) is 1. The number of hydrogen-bond acceptors (Lipinski definition) is 4. The Morgan fingerprint density at radius 3 is 2.65 bits per heavy atom. The molecule has 0 atom stereocenters. The Balaban J connectivity index is 2.10. The molecule has 0 amide bonds. The Kier molecular flexibility index (Phi) is 2.95. The third-order valence-electron chi connectivity index (χ3n) is 3.06. The monoisotopic (exact) mass is 269 g/mol. The summed E-state index contributed by atoms with van der Waals surface area (Å²) in [5.41, 5.74) is 8.39. The molecule has 0 saturated carbocycles. The molecule has 3 aromatic rings. The van der Waals surface area contributed by atoms with E-state index in [0.29, 0.717) is 22.7 Å². The first kappa shape index (κ1) is 12.3. The average molecular weight is 269 g/mol. The van der Waals surface area contributed by atoms with Crippen molar-refractivity contribution < 1.29 is 8.91 Å². The van der Waals surface area contributed by atoms with E-state index in [0.717, 1.165) is 5.56 Å². The van der Waals surface area contributed by atoms with Crippen molar-refractivity contribution in [3.63, 3.8) is 0 Å². The van der Waals surface area contributed by atoms with Gasteiger partial charge in [0.05, 0.1) is 11.1 Å². The van der Waals surface area contributed by atoms with E-state index in [2.05, 4.69) is 10.1 Å². The lowest BCUT2D eigenvalue weighted by Crippen LogP contribution is -1.93. The van der Waals surface area contributed by atoms with Gasteiger partial charge in [0, 0.05) is 5.69 Å². The summed E-state index contributed by atoms with van der Waals surface area (Å²) in [6.07, 6.45) is 0. The first-order chi connectivity index (χ1) is 9.66. The Labute approximate surface area is 115 Å². The number of aryl methyl sites for hydroxylation is 1. The fourth-order valence-electron chi connectivity index (χ4n) is 2.06. The summed E-state index contributed by atoms with van der Waals surface area (Å²) in [7, 11) is 0. The molecule has 5 heteroatoms. The lowest BCUT2D eigenvalue weighted by molar-refractivity contribution is 0.432. The highest BCUT2D eigenvalue weighted by molar-refractivity contribution is 5.74. The fourth-order valence-corrected chi connectivity index (χ4v) is 2.06. The molecule has 1 heterocycles. The predicted molar refractivity (Wildman–Crippen MR) is 74.3 cm³/mol. The number of benzene rings is 2. The molecule has 3 rings (SSSR count). The van der Waals surface area contributed by atoms with Gasteiger partial charge in [0.2, 0.25) is 5.82 Å². The minimum atomic E-state index is -0.391. The SMILES string of the molecule is Cc1cccc(N)c1-c1nc(-c2ccccc2F)no1. The number of halogens is 1. The van der Waals surface area contributed by atoms with E-state index in [1.54, 1.807) is 24.3 Å². The van der Waals surface area contributed by atoms with Crippen LogP contribution in [0.1, 0.15) is 5.56 Å². The summed E-state index contributed by atoms with van der Waals surface area (Å²) in [6.45, 7) is 1.90. The molecule has 0 aliphatic heterocycles. The number of rotatable bonds is 2. The van der Waals surface area contributed by atoms with Gasteiger partial charge in [-0.2, -0.15) is 4.98 Å². The first-order valence-electron chi connectivity index (χ1n) is 6.11. The van der Waals surface area contributed by atoms with Gasteiger partial charge in [-0.3, -0.25) is 0 Å². The van der Waals surface area contributed by atoms with Gasteiger partial charge in [0.1, 0.15) is 5.82 Å². The van der Waals surface area contributed by atoms with Crippen LogP contribution in [0.3, 0.4) is 0 Å². The lowest BCUT2D eigenvalue weighted by atomic mass is 10.1. The van der Waals surface area contributed by atoms with Crippen LogP contribution in [0.25, 0.3) is 22.8 Å². The second kappa shape index (κ2) is 4.77. The van der Waals surface area contributed by atoms with E-state index in [9.17, 15) is 4.39 Å². The molecule has 1 aromatic heterocycles. The smallest absolute Gasteiger partial charge is 0.260 e. The van der Waals surface area contributed by atoms with Gasteiger partial charge in [-0.25, -0.2) is 4.39 Å². The molecule has 0 bridgehead atoms. The van der Waals surface area contributed by atoms with E-state index >= 15 is 0 Å². The highest BCUT2D eigenvalue weighted by atomic mass is 19.1. The predicted octanol–water partition coefficient (Wildman–Crippen LogP) is 3.43. The zero-order valence-corrected chi connectivity index (χ0v) is 10.8. The minimum Gasteiger partial charge on any atom is -0.398 e. The van der Waals surface area contributed by atoms with Crippen LogP contribution in [0, 0.1) is 12.7 Å². The van der Waals surface area contributed by atoms with Crippen LogP contribution < -0.4 is 5.73 Å². The molecule has 0 unspecified atom stereocenters. The van der Waals surface area contributed by atoms with Crippen molar-refractivity contribution in [3.8, 4) is 22.8 Å². The van der Waals surface area contributed by atoms with Crippen molar-refractivity contribution in [1.29, 1.82) is 0 Å². The molecule has 0 fully saturated rings. The normalized spacial score (nSPS) is 10.7. The lowest BCUT2D eigenvalue weighted by Gasteiger charge is -2.03. The van der Waals surface area contributed by atoms with Gasteiger partial charge in [-0.05, 0) is 30.7 Å². The molecule has 0 aliphatic rings. The zero-order chi connectivity index (χ0) is 14.1. The van der Waals surface area contributed by atoms with E-state index in [1.807, 2.05) is 19.1 Å². The largest absolute Gasteiger partial charge is 0.398 e. The van der Waals surface area contributed by atoms with Crippen LogP contribution in [0.5, 0.6) is 0 Å². The number of nitrogen functional groups attached to an aromatic ring is 1. The standard InChI is InChI=1S/C15H12FN3O/c1-9-5-4-8-12(17)13(9)15-18-14(19-20-15)10-6-2-3-7-11(10)16/h2-8H,17H2,1H3. The van der Waals surface area contributed by atoms with E-state index in [-0.39, 0.29) is 5.82 Å². The van der Waals surface area contributed by atoms with E-state index in [1.165, 1.54) is 6.07 Å². The quantitative estimate of drug-likeness (QED) is 0.724. The summed E-state index contributed by atoms with van der Waals surface area (Å²) in [5, 5.41) is 3.82. The topological polar surface area (TPSA) is 64.9 Å². The molecular weight excluding hydrogens is 257 g/mol. The summed E-state index contributed by atoms with van der Waals surface area (Å²) in [5.74, 6) is 0.109. The van der Waals surface area contributed by atoms with Crippen molar-refractivity contribution in [2.24, 2.45) is 0 Å². The molecule has 20 heavy (non-hydrogen) atoms. The molecule has 100 valence electrons. The summed E-state index contributed by atoms with van der Waals surface area (Å²) in [6, 6.07) is 11.8. The molecular formula is C15H12FN3O. The summed E-state index contributed by atoms with van der Waals surface area (Å²) >= 11 is 0. The maximum absolute atomic E-state index is 13.7. The highest BCUT2D eigenvalue weighted by Crippen LogP contribution is 2.30. The van der Waals surface area contributed by atoms with Crippen LogP contribution in [0.15, 0.2) is 47.0 Å². The number of aromatic nitrogens is 2. The van der Waals surface area contributed by atoms with E-state index < -0.39 is 5.82 Å². The third kappa shape index (κ3) is 2.03. The Morgan fingerprint density at radius 2 is 1.90 bits per heavy atom. The van der Waals surface area contributed by atoms with Gasteiger partial charge in [0.15, 0.2) is 0 Å². The van der Waals surface area contributed by atoms with Gasteiger partial charge >= 0.3 is 0 Å². The van der Waals surface area contributed by atoms with Gasteiger partial charge in [0.25, 0.3) is 5.89 Å². The van der Waals surface area contributed by atoms with Crippen molar-refractivity contribution >= 4 is 5.69 Å². The molecule has 4 nitrogen and oxygen atoms in total. The first-order valence-corrected chi connectivity index (χ1v) is 6.11. The van der Waals surface area contributed by atoms with Crippen molar-refractivity contribution in [2.75, 3.05) is 5.73 Å². The van der Waals surface area contributed by atoms with E-state index in [4.69, 9.17) is 10.3 Å². The maximum atomic E-state index is 13.7. The minimum absolute atomic E-state index is 0.209. The Bertz CT molecular complexity index is 747. The molecule has 0 saturated heterocycles. The molecule has 0 spiro atoms. The number of nitrogens with two attached hydrogens (primary N) is 1. The zero-order valence-electron chi connectivity index (χ0n) is 10.8. The molecule has 2 aromatic carbocycles. The van der Waals surface area contributed by atoms with Crippen LogP contribution >= 0.6 is 0 Å². The molecule has 0 radical (unpaired) electrons. The van der Waals surface area contributed by atoms with Crippen LogP contribution in [0.4, 0.5) is 10.1 Å². The fraction of sp³-hybridized carbons (Fsp3) is 0.0667. The second-order valence-electron chi connectivity index (χ2n) is 4.44. The van der Waals surface area contributed by atoms with Crippen LogP contribution in [-0.2, 0) is 0 Å². The van der Waals surface area contributed by atoms with Crippen LogP contribution in [-0.4, -0.2) is 10.1 Å². The van der Waals surface area contributed by atoms with Gasteiger partial charge in [-0.1, -0.05) is 29.4 Å². The Morgan fingerprint density at radius 1 is 1.10 bits per heavy atom. The summed E-state index contributed by atoms with van der Waals surface area (Å²) < 4.78 is 18.9. The molecule has 0 aliphatic carbocycles. The highest BCUT2D eigenvalue weighted by Gasteiger charge is 2.16. The summed E-state index contributed by atoms with van der Waals surface area (Å²) in [4.78, 5) is 4.24. The Hall–Kier alpha value is -2.69. The molecule has 2 N–H and O–H groups in total. The van der Waals surface area contributed by atoms with Crippen molar-refractivity contribution in [2.45, 2.75) is 6.92 Å². The number of nitrogens with zero attached hydrogens (tertiary/aromatic N) is 2. The van der Waals surface area contributed by atoms with Gasteiger partial charge < -0.3 is 10.3 Å². The van der Waals surface area contributed by atoms with Crippen LogP contribution in [0.2, 0.25) is 0 Å². The van der Waals surface area contributed by atoms with Crippen molar-refractivity contribution in [1.82, 2.24) is 10.1 Å². The van der Waals surface area contributed by atoms with Crippen molar-refractivity contribution in [3.05, 3.63) is 53.8 Å². The maximum Gasteiger partial charge on any atom is 0.260 e. The third-order valence-corrected chi connectivity index (χ3v) is 3.06.